The molecule has 48 heavy (non-hydrogen) atoms. The van der Waals surface area contributed by atoms with Crippen molar-refractivity contribution in [3.8, 4) is 0 Å². The summed E-state index contributed by atoms with van der Waals surface area (Å²) >= 11 is 0. The Labute approximate surface area is 303 Å². The molecule has 288 valence electrons. The van der Waals surface area contributed by atoms with Gasteiger partial charge in [-0.05, 0) is 12.8 Å². The maximum absolute atomic E-state index is 11.8. The van der Waals surface area contributed by atoms with Gasteiger partial charge in [0.1, 0.15) is 0 Å². The van der Waals surface area contributed by atoms with Gasteiger partial charge in [-0.2, -0.15) is 0 Å². The highest BCUT2D eigenvalue weighted by Gasteiger charge is 2.25. The molecule has 0 rings (SSSR count). The molecule has 2 atom stereocenters. The van der Waals surface area contributed by atoms with Crippen LogP contribution in [0.2, 0.25) is 0 Å². The SMILES string of the molecule is CCCCCCCCCCCCCCCCCCCCCC(O)C(CCCCCCCCCCCCCCCCCCCCC)C(=O)O. The molecule has 0 spiro atoms. The van der Waals surface area contributed by atoms with Crippen molar-refractivity contribution in [2.75, 3.05) is 0 Å². The van der Waals surface area contributed by atoms with Gasteiger partial charge in [0.2, 0.25) is 0 Å². The van der Waals surface area contributed by atoms with E-state index in [4.69, 9.17) is 0 Å². The summed E-state index contributed by atoms with van der Waals surface area (Å²) in [6, 6.07) is 0. The average Bonchev–Trinajstić information content (AvgIpc) is 3.08. The molecular formula is C45H90O3. The molecular weight excluding hydrogens is 588 g/mol. The van der Waals surface area contributed by atoms with Crippen LogP contribution in [0.15, 0.2) is 0 Å². The maximum atomic E-state index is 11.8. The van der Waals surface area contributed by atoms with Crippen molar-refractivity contribution in [3.05, 3.63) is 0 Å². The Kier molecular flexibility index (Phi) is 40.4. The molecule has 0 amide bonds. The number of aliphatic hydroxyl groups is 1. The predicted molar refractivity (Wildman–Crippen MR) is 213 cm³/mol. The van der Waals surface area contributed by atoms with Crippen LogP contribution in [0.1, 0.15) is 271 Å². The molecule has 0 aliphatic heterocycles. The number of aliphatic carboxylic acids is 1. The van der Waals surface area contributed by atoms with Crippen molar-refractivity contribution >= 4 is 5.97 Å². The first kappa shape index (κ1) is 47.4. The zero-order valence-corrected chi connectivity index (χ0v) is 33.2. The first-order valence-electron chi connectivity index (χ1n) is 22.5. The fourth-order valence-electron chi connectivity index (χ4n) is 7.56. The van der Waals surface area contributed by atoms with Crippen molar-refractivity contribution in [2.45, 2.75) is 277 Å². The average molecular weight is 679 g/mol. The zero-order valence-electron chi connectivity index (χ0n) is 33.2. The highest BCUT2D eigenvalue weighted by atomic mass is 16.4. The first-order valence-corrected chi connectivity index (χ1v) is 22.5. The third kappa shape index (κ3) is 36.7. The third-order valence-corrected chi connectivity index (χ3v) is 11.0. The molecule has 3 heteroatoms. The monoisotopic (exact) mass is 679 g/mol. The second-order valence-corrected chi connectivity index (χ2v) is 15.8. The van der Waals surface area contributed by atoms with Crippen LogP contribution < -0.4 is 0 Å². The van der Waals surface area contributed by atoms with Gasteiger partial charge in [0.15, 0.2) is 0 Å². The van der Waals surface area contributed by atoms with Crippen LogP contribution in [0.25, 0.3) is 0 Å². The topological polar surface area (TPSA) is 57.5 Å². The summed E-state index contributed by atoms with van der Waals surface area (Å²) in [5.41, 5.74) is 0. The quantitative estimate of drug-likeness (QED) is 0.0632. The summed E-state index contributed by atoms with van der Waals surface area (Å²) in [4.78, 5) is 11.8. The van der Waals surface area contributed by atoms with Gasteiger partial charge < -0.3 is 10.2 Å². The maximum Gasteiger partial charge on any atom is 0.309 e. The van der Waals surface area contributed by atoms with E-state index in [1.807, 2.05) is 0 Å². The molecule has 2 unspecified atom stereocenters. The lowest BCUT2D eigenvalue weighted by atomic mass is 9.91. The Hall–Kier alpha value is -0.570. The standard InChI is InChI=1S/C45H90O3/c1-3-5-7-9-11-13-15-17-19-21-23-25-27-29-31-33-35-37-39-41-43(45(47)48)44(46)42-40-38-36-34-32-30-28-26-24-22-20-18-16-14-12-10-8-6-4-2/h43-44,46H,3-42H2,1-2H3,(H,47,48). The molecule has 0 saturated carbocycles. The fourth-order valence-corrected chi connectivity index (χ4v) is 7.56. The van der Waals surface area contributed by atoms with E-state index in [0.29, 0.717) is 12.8 Å². The second-order valence-electron chi connectivity index (χ2n) is 15.8. The van der Waals surface area contributed by atoms with Gasteiger partial charge in [-0.25, -0.2) is 0 Å². The summed E-state index contributed by atoms with van der Waals surface area (Å²) in [6.07, 6.45) is 52.0. The Balaban J connectivity index is 3.46. The van der Waals surface area contributed by atoms with Crippen LogP contribution in [0.5, 0.6) is 0 Å². The number of aliphatic hydroxyl groups excluding tert-OH is 1. The van der Waals surface area contributed by atoms with Gasteiger partial charge in [0.25, 0.3) is 0 Å². The minimum Gasteiger partial charge on any atom is -0.481 e. The van der Waals surface area contributed by atoms with Crippen LogP contribution in [0.4, 0.5) is 0 Å². The predicted octanol–water partition coefficient (Wildman–Crippen LogP) is 15.7. The van der Waals surface area contributed by atoms with E-state index >= 15 is 0 Å². The number of hydrogen-bond acceptors (Lipinski definition) is 2. The van der Waals surface area contributed by atoms with E-state index in [1.165, 1.54) is 218 Å². The zero-order chi connectivity index (χ0) is 35.0. The summed E-state index contributed by atoms with van der Waals surface area (Å²) in [5.74, 6) is -1.38. The molecule has 0 aliphatic rings. The van der Waals surface area contributed by atoms with Gasteiger partial charge in [-0.1, -0.05) is 258 Å². The van der Waals surface area contributed by atoms with E-state index in [1.54, 1.807) is 0 Å². The van der Waals surface area contributed by atoms with Crippen molar-refractivity contribution in [1.29, 1.82) is 0 Å². The fraction of sp³-hybridized carbons (Fsp3) is 0.978. The van der Waals surface area contributed by atoms with Gasteiger partial charge in [-0.15, -0.1) is 0 Å². The first-order chi connectivity index (χ1) is 23.6. The minimum absolute atomic E-state index is 0.577. The van der Waals surface area contributed by atoms with Crippen molar-refractivity contribution in [2.24, 2.45) is 5.92 Å². The number of carbonyl (C=O) groups is 1. The number of hydrogen-bond donors (Lipinski definition) is 2. The lowest BCUT2D eigenvalue weighted by molar-refractivity contribution is -0.146. The largest absolute Gasteiger partial charge is 0.481 e. The second kappa shape index (κ2) is 40.9. The van der Waals surface area contributed by atoms with Gasteiger partial charge in [0.05, 0.1) is 12.0 Å². The normalized spacial score (nSPS) is 12.9. The Morgan fingerprint density at radius 2 is 0.521 bits per heavy atom. The van der Waals surface area contributed by atoms with Gasteiger partial charge in [0, 0.05) is 0 Å². The highest BCUT2D eigenvalue weighted by molar-refractivity contribution is 5.70. The number of carboxylic acid groups (broad SMARTS) is 1. The van der Waals surface area contributed by atoms with E-state index < -0.39 is 18.0 Å². The lowest BCUT2D eigenvalue weighted by Crippen LogP contribution is -2.28. The van der Waals surface area contributed by atoms with Crippen molar-refractivity contribution in [1.82, 2.24) is 0 Å². The molecule has 2 N–H and O–H groups in total. The molecule has 0 saturated heterocycles. The number of unbranched alkanes of at least 4 members (excludes halogenated alkanes) is 36. The third-order valence-electron chi connectivity index (χ3n) is 11.0. The minimum atomic E-state index is -0.803. The van der Waals surface area contributed by atoms with E-state index in [0.717, 1.165) is 25.7 Å². The van der Waals surface area contributed by atoms with Gasteiger partial charge in [-0.3, -0.25) is 4.79 Å². The molecule has 0 radical (unpaired) electrons. The van der Waals surface area contributed by atoms with Crippen LogP contribution >= 0.6 is 0 Å². The summed E-state index contributed by atoms with van der Waals surface area (Å²) in [6.45, 7) is 4.58. The molecule has 0 aliphatic carbocycles. The molecule has 0 aromatic rings. The molecule has 0 aromatic heterocycles. The Bertz CT molecular complexity index is 605. The van der Waals surface area contributed by atoms with E-state index in [9.17, 15) is 15.0 Å². The smallest absolute Gasteiger partial charge is 0.309 e. The van der Waals surface area contributed by atoms with Crippen molar-refractivity contribution < 1.29 is 15.0 Å². The van der Waals surface area contributed by atoms with Crippen LogP contribution in [-0.4, -0.2) is 22.3 Å². The van der Waals surface area contributed by atoms with Crippen LogP contribution in [-0.2, 0) is 4.79 Å². The van der Waals surface area contributed by atoms with E-state index in [2.05, 4.69) is 13.8 Å². The summed E-state index contributed by atoms with van der Waals surface area (Å²) in [5, 5.41) is 20.3. The highest BCUT2D eigenvalue weighted by Crippen LogP contribution is 2.21. The molecule has 0 fully saturated rings. The molecule has 0 heterocycles. The summed E-state index contributed by atoms with van der Waals surface area (Å²) in [7, 11) is 0. The van der Waals surface area contributed by atoms with Crippen molar-refractivity contribution in [3.63, 3.8) is 0 Å². The van der Waals surface area contributed by atoms with Gasteiger partial charge >= 0.3 is 5.97 Å². The van der Waals surface area contributed by atoms with Crippen LogP contribution in [0.3, 0.4) is 0 Å². The Morgan fingerprint density at radius 1 is 0.333 bits per heavy atom. The lowest BCUT2D eigenvalue weighted by Gasteiger charge is -2.19. The van der Waals surface area contributed by atoms with Crippen LogP contribution in [0, 0.1) is 5.92 Å². The summed E-state index contributed by atoms with van der Waals surface area (Å²) < 4.78 is 0. The molecule has 0 bridgehead atoms. The van der Waals surface area contributed by atoms with E-state index in [-0.39, 0.29) is 0 Å². The molecule has 3 nitrogen and oxygen atoms in total. The Morgan fingerprint density at radius 3 is 0.729 bits per heavy atom. The molecule has 0 aromatic carbocycles. The number of carboxylic acids is 1. The number of rotatable bonds is 42.